The molecule has 21 heavy (non-hydrogen) atoms. The molecule has 0 saturated heterocycles. The second kappa shape index (κ2) is 5.47. The lowest BCUT2D eigenvalue weighted by molar-refractivity contribution is 0.111. The lowest BCUT2D eigenvalue weighted by Crippen LogP contribution is -2.01. The summed E-state index contributed by atoms with van der Waals surface area (Å²) >= 11 is 0. The van der Waals surface area contributed by atoms with Crippen molar-refractivity contribution in [3.8, 4) is 5.75 Å². The largest absolute Gasteiger partial charge is 0.483 e. The van der Waals surface area contributed by atoms with Crippen LogP contribution in [-0.4, -0.2) is 16.3 Å². The fourth-order valence-corrected chi connectivity index (χ4v) is 2.19. The Labute approximate surface area is 119 Å². The molecule has 0 radical (unpaired) electrons. The van der Waals surface area contributed by atoms with Gasteiger partial charge in [0, 0.05) is 6.07 Å². The third-order valence-corrected chi connectivity index (χ3v) is 3.23. The highest BCUT2D eigenvalue weighted by Gasteiger charge is 2.14. The number of carbonyl (C=O) groups is 1. The molecule has 108 valence electrons. The maximum Gasteiger partial charge on any atom is 0.166 e. The van der Waals surface area contributed by atoms with E-state index < -0.39 is 11.6 Å². The lowest BCUT2D eigenvalue weighted by atomic mass is 10.1. The van der Waals surface area contributed by atoms with Gasteiger partial charge < -0.3 is 9.72 Å². The van der Waals surface area contributed by atoms with E-state index in [1.54, 1.807) is 0 Å². The zero-order chi connectivity index (χ0) is 14.8. The summed E-state index contributed by atoms with van der Waals surface area (Å²) in [4.78, 5) is 17.9. The maximum atomic E-state index is 13.7. The van der Waals surface area contributed by atoms with Crippen LogP contribution in [0.5, 0.6) is 5.75 Å². The Hall–Kier alpha value is -2.50. The molecule has 0 amide bonds. The fraction of sp³-hybridized carbons (Fsp3) is 0.200. The number of ether oxygens (including phenoxy) is 1. The second-order valence-electron chi connectivity index (χ2n) is 4.70. The molecule has 1 heterocycles. The minimum absolute atomic E-state index is 0.00235. The van der Waals surface area contributed by atoms with E-state index in [0.29, 0.717) is 5.82 Å². The molecule has 0 unspecified atom stereocenters. The van der Waals surface area contributed by atoms with Crippen LogP contribution in [0.1, 0.15) is 34.0 Å². The zero-order valence-electron chi connectivity index (χ0n) is 11.0. The van der Waals surface area contributed by atoms with E-state index in [-0.39, 0.29) is 24.2 Å². The standard InChI is InChI=1S/C15H12F2N2O2/c16-10-6-14(11(17)5-9(10)7-20)21-8-15-18-12-3-1-2-4-13(12)19-15/h1,3,5-7H,2,4,8H2,(H,18,19). The van der Waals surface area contributed by atoms with Crippen molar-refractivity contribution in [2.75, 3.05) is 0 Å². The number of aldehydes is 1. The van der Waals surface area contributed by atoms with Gasteiger partial charge in [0.05, 0.1) is 17.0 Å². The molecule has 0 aliphatic heterocycles. The Morgan fingerprint density at radius 2 is 2.19 bits per heavy atom. The van der Waals surface area contributed by atoms with Gasteiger partial charge in [-0.1, -0.05) is 6.08 Å². The van der Waals surface area contributed by atoms with Gasteiger partial charge in [-0.2, -0.15) is 0 Å². The van der Waals surface area contributed by atoms with E-state index in [4.69, 9.17) is 4.74 Å². The van der Waals surface area contributed by atoms with E-state index >= 15 is 0 Å². The molecule has 2 aromatic rings. The number of halogens is 2. The van der Waals surface area contributed by atoms with E-state index in [9.17, 15) is 13.6 Å². The summed E-state index contributed by atoms with van der Waals surface area (Å²) in [7, 11) is 0. The van der Waals surface area contributed by atoms with Crippen LogP contribution < -0.4 is 4.74 Å². The molecule has 0 bridgehead atoms. The van der Waals surface area contributed by atoms with Crippen LogP contribution in [-0.2, 0) is 13.0 Å². The first-order valence-corrected chi connectivity index (χ1v) is 6.48. The summed E-state index contributed by atoms with van der Waals surface area (Å²) in [6.07, 6.45) is 6.02. The van der Waals surface area contributed by atoms with Crippen LogP contribution in [0.25, 0.3) is 6.08 Å². The fourth-order valence-electron chi connectivity index (χ4n) is 2.19. The summed E-state index contributed by atoms with van der Waals surface area (Å²) < 4.78 is 32.3. The molecule has 1 N–H and O–H groups in total. The molecule has 1 aromatic heterocycles. The van der Waals surface area contributed by atoms with Crippen LogP contribution >= 0.6 is 0 Å². The molecule has 0 fully saturated rings. The number of benzene rings is 1. The van der Waals surface area contributed by atoms with Crippen LogP contribution in [0, 0.1) is 11.6 Å². The van der Waals surface area contributed by atoms with Gasteiger partial charge in [-0.3, -0.25) is 4.79 Å². The Bertz CT molecular complexity index is 723. The predicted octanol–water partition coefficient (Wildman–Crippen LogP) is 3.04. The summed E-state index contributed by atoms with van der Waals surface area (Å²) in [6.45, 7) is -0.00235. The first-order valence-electron chi connectivity index (χ1n) is 6.48. The molecule has 0 spiro atoms. The Balaban J connectivity index is 1.76. The van der Waals surface area contributed by atoms with Crippen LogP contribution in [0.4, 0.5) is 8.78 Å². The van der Waals surface area contributed by atoms with Crippen molar-refractivity contribution in [1.82, 2.24) is 9.97 Å². The first-order chi connectivity index (χ1) is 10.2. The normalized spacial score (nSPS) is 13.0. The monoisotopic (exact) mass is 290 g/mol. The molecular formula is C15H12F2N2O2. The molecule has 0 saturated carbocycles. The summed E-state index contributed by atoms with van der Waals surface area (Å²) in [5.74, 6) is -1.30. The average molecular weight is 290 g/mol. The maximum absolute atomic E-state index is 13.7. The molecule has 4 nitrogen and oxygen atoms in total. The summed E-state index contributed by atoms with van der Waals surface area (Å²) in [5, 5.41) is 0. The summed E-state index contributed by atoms with van der Waals surface area (Å²) in [5.41, 5.74) is 1.53. The number of aromatic amines is 1. The first kappa shape index (κ1) is 13.5. The minimum Gasteiger partial charge on any atom is -0.483 e. The smallest absolute Gasteiger partial charge is 0.166 e. The molecule has 1 aliphatic rings. The minimum atomic E-state index is -0.817. The number of carbonyl (C=O) groups excluding carboxylic acids is 1. The molecule has 3 rings (SSSR count). The highest BCUT2D eigenvalue weighted by molar-refractivity contribution is 5.75. The number of rotatable bonds is 4. The highest BCUT2D eigenvalue weighted by atomic mass is 19.1. The lowest BCUT2D eigenvalue weighted by Gasteiger charge is -2.06. The van der Waals surface area contributed by atoms with Gasteiger partial charge in [-0.05, 0) is 25.0 Å². The number of H-pyrrole nitrogens is 1. The number of hydrogen-bond donors (Lipinski definition) is 1. The molecule has 1 aliphatic carbocycles. The second-order valence-corrected chi connectivity index (χ2v) is 4.70. The molecule has 6 heteroatoms. The molecule has 1 aromatic carbocycles. The van der Waals surface area contributed by atoms with E-state index in [1.807, 2.05) is 12.2 Å². The number of aromatic nitrogens is 2. The number of nitrogens with one attached hydrogen (secondary N) is 1. The van der Waals surface area contributed by atoms with Gasteiger partial charge in [0.1, 0.15) is 18.2 Å². The Morgan fingerprint density at radius 3 is 2.95 bits per heavy atom. The van der Waals surface area contributed by atoms with Gasteiger partial charge in [-0.15, -0.1) is 0 Å². The van der Waals surface area contributed by atoms with Crippen molar-refractivity contribution < 1.29 is 18.3 Å². The number of nitrogens with zero attached hydrogens (tertiary/aromatic N) is 1. The molecule has 0 atom stereocenters. The van der Waals surface area contributed by atoms with Gasteiger partial charge >= 0.3 is 0 Å². The van der Waals surface area contributed by atoms with Crippen molar-refractivity contribution in [3.63, 3.8) is 0 Å². The van der Waals surface area contributed by atoms with E-state index in [0.717, 1.165) is 36.4 Å². The van der Waals surface area contributed by atoms with Crippen molar-refractivity contribution in [3.05, 3.63) is 52.6 Å². The summed E-state index contributed by atoms with van der Waals surface area (Å²) in [6, 6.07) is 1.68. The van der Waals surface area contributed by atoms with Crippen molar-refractivity contribution in [1.29, 1.82) is 0 Å². The Kier molecular flexibility index (Phi) is 3.51. The number of allylic oxidation sites excluding steroid dienone is 1. The SMILES string of the molecule is O=Cc1cc(F)c(OCc2nc3c([nH]2)C=CCC3)cc1F. The third-order valence-electron chi connectivity index (χ3n) is 3.23. The van der Waals surface area contributed by atoms with Gasteiger partial charge in [0.2, 0.25) is 0 Å². The van der Waals surface area contributed by atoms with Crippen molar-refractivity contribution in [2.45, 2.75) is 19.4 Å². The topological polar surface area (TPSA) is 55.0 Å². The number of fused-ring (bicyclic) bond motifs is 1. The van der Waals surface area contributed by atoms with Gasteiger partial charge in [-0.25, -0.2) is 13.8 Å². The van der Waals surface area contributed by atoms with Gasteiger partial charge in [0.15, 0.2) is 17.9 Å². The van der Waals surface area contributed by atoms with E-state index in [2.05, 4.69) is 9.97 Å². The number of aryl methyl sites for hydroxylation is 1. The Morgan fingerprint density at radius 1 is 1.33 bits per heavy atom. The number of hydrogen-bond acceptors (Lipinski definition) is 3. The van der Waals surface area contributed by atoms with Crippen molar-refractivity contribution in [2.24, 2.45) is 0 Å². The predicted molar refractivity (Wildman–Crippen MR) is 72.0 cm³/mol. The van der Waals surface area contributed by atoms with E-state index in [1.165, 1.54) is 0 Å². The zero-order valence-corrected chi connectivity index (χ0v) is 11.0. The average Bonchev–Trinajstić information content (AvgIpc) is 2.90. The van der Waals surface area contributed by atoms with Gasteiger partial charge in [0.25, 0.3) is 0 Å². The molecular weight excluding hydrogens is 278 g/mol. The number of imidazole rings is 1. The third kappa shape index (κ3) is 2.69. The van der Waals surface area contributed by atoms with Crippen LogP contribution in [0.3, 0.4) is 0 Å². The van der Waals surface area contributed by atoms with Crippen LogP contribution in [0.2, 0.25) is 0 Å². The van der Waals surface area contributed by atoms with Crippen molar-refractivity contribution >= 4 is 12.4 Å². The quantitative estimate of drug-likeness (QED) is 0.881. The highest BCUT2D eigenvalue weighted by Crippen LogP contribution is 2.22. The van der Waals surface area contributed by atoms with Crippen LogP contribution in [0.15, 0.2) is 18.2 Å².